The van der Waals surface area contributed by atoms with Crippen molar-refractivity contribution < 1.29 is 4.79 Å². The minimum atomic E-state index is -0.219. The molecule has 2 rings (SSSR count). The number of imidazole rings is 1. The average molecular weight is 368 g/mol. The van der Waals surface area contributed by atoms with Gasteiger partial charge in [-0.1, -0.05) is 44.2 Å². The molecule has 0 saturated heterocycles. The van der Waals surface area contributed by atoms with Crippen LogP contribution in [0.3, 0.4) is 0 Å². The van der Waals surface area contributed by atoms with E-state index in [0.29, 0.717) is 18.7 Å². The lowest BCUT2D eigenvalue weighted by Crippen LogP contribution is -2.33. The molecule has 0 bridgehead atoms. The van der Waals surface area contributed by atoms with E-state index in [9.17, 15) is 9.59 Å². The van der Waals surface area contributed by atoms with Crippen LogP contribution in [0.15, 0.2) is 47.9 Å². The van der Waals surface area contributed by atoms with E-state index in [1.807, 2.05) is 38.1 Å². The number of allylic oxidation sites excluding steroid dienone is 5. The Bertz CT molecular complexity index is 932. The molecule has 0 aliphatic rings. The maximum Gasteiger partial charge on any atom is 0.330 e. The number of aryl methyl sites for hydroxylation is 1. The Morgan fingerprint density at radius 2 is 2.11 bits per heavy atom. The third-order valence-electron chi connectivity index (χ3n) is 4.30. The van der Waals surface area contributed by atoms with Gasteiger partial charge in [-0.15, -0.1) is 0 Å². The van der Waals surface area contributed by atoms with Gasteiger partial charge in [0.25, 0.3) is 0 Å². The van der Waals surface area contributed by atoms with Crippen molar-refractivity contribution in [3.8, 4) is 0 Å². The lowest BCUT2D eigenvalue weighted by Gasteiger charge is -2.06. The second-order valence-electron chi connectivity index (χ2n) is 6.24. The van der Waals surface area contributed by atoms with Gasteiger partial charge < -0.3 is 5.32 Å². The molecule has 0 aliphatic carbocycles. The van der Waals surface area contributed by atoms with Crippen molar-refractivity contribution in [1.29, 1.82) is 0 Å². The first-order valence-corrected chi connectivity index (χ1v) is 9.38. The summed E-state index contributed by atoms with van der Waals surface area (Å²) in [6.45, 7) is 10.8. The van der Waals surface area contributed by atoms with Crippen LogP contribution < -0.4 is 11.0 Å². The summed E-state index contributed by atoms with van der Waals surface area (Å²) in [6, 6.07) is 1.94. The van der Waals surface area contributed by atoms with Crippen LogP contribution in [-0.4, -0.2) is 26.6 Å². The number of pyridine rings is 1. The average Bonchev–Trinajstić information content (AvgIpc) is 2.92. The van der Waals surface area contributed by atoms with E-state index < -0.39 is 0 Å². The molecule has 0 spiro atoms. The van der Waals surface area contributed by atoms with Crippen molar-refractivity contribution in [2.75, 3.05) is 6.54 Å². The van der Waals surface area contributed by atoms with Crippen molar-refractivity contribution in [2.24, 2.45) is 0 Å². The zero-order chi connectivity index (χ0) is 19.8. The van der Waals surface area contributed by atoms with Crippen LogP contribution in [0.1, 0.15) is 39.2 Å². The van der Waals surface area contributed by atoms with Gasteiger partial charge in [0.15, 0.2) is 5.65 Å². The molecule has 0 saturated carbocycles. The van der Waals surface area contributed by atoms with Crippen molar-refractivity contribution in [3.63, 3.8) is 0 Å². The van der Waals surface area contributed by atoms with Crippen LogP contribution >= 0.6 is 0 Å². The molecule has 0 aliphatic heterocycles. The van der Waals surface area contributed by atoms with E-state index in [1.54, 1.807) is 16.8 Å². The summed E-state index contributed by atoms with van der Waals surface area (Å²) >= 11 is 0. The first-order chi connectivity index (χ1) is 13.1. The summed E-state index contributed by atoms with van der Waals surface area (Å²) in [5, 5.41) is 2.85. The quantitative estimate of drug-likeness (QED) is 0.545. The normalized spacial score (nSPS) is 12.0. The molecule has 6 nitrogen and oxygen atoms in total. The summed E-state index contributed by atoms with van der Waals surface area (Å²) in [5.41, 5.74) is 2.88. The smallest absolute Gasteiger partial charge is 0.330 e. The number of amides is 1. The minimum Gasteiger partial charge on any atom is -0.355 e. The van der Waals surface area contributed by atoms with Crippen LogP contribution in [0.5, 0.6) is 0 Å². The fourth-order valence-corrected chi connectivity index (χ4v) is 2.96. The fraction of sp³-hybridized carbons (Fsp3) is 0.381. The molecular formula is C21H28N4O2. The van der Waals surface area contributed by atoms with Gasteiger partial charge in [-0.05, 0) is 31.9 Å². The molecule has 0 atom stereocenters. The Balaban J connectivity index is 2.48. The summed E-state index contributed by atoms with van der Waals surface area (Å²) in [6.07, 6.45) is 11.2. The second-order valence-corrected chi connectivity index (χ2v) is 6.24. The second kappa shape index (κ2) is 9.71. The molecule has 0 radical (unpaired) electrons. The molecule has 144 valence electrons. The van der Waals surface area contributed by atoms with E-state index in [1.165, 1.54) is 4.57 Å². The summed E-state index contributed by atoms with van der Waals surface area (Å²) in [4.78, 5) is 29.5. The predicted molar refractivity (Wildman–Crippen MR) is 111 cm³/mol. The molecule has 0 aromatic carbocycles. The number of rotatable bonds is 9. The van der Waals surface area contributed by atoms with E-state index in [2.05, 4.69) is 23.8 Å². The van der Waals surface area contributed by atoms with E-state index in [4.69, 9.17) is 0 Å². The van der Waals surface area contributed by atoms with Crippen molar-refractivity contribution in [1.82, 2.24) is 19.4 Å². The number of hydrogen-bond acceptors (Lipinski definition) is 3. The summed E-state index contributed by atoms with van der Waals surface area (Å²) < 4.78 is 3.09. The van der Waals surface area contributed by atoms with Crippen LogP contribution in [0.4, 0.5) is 0 Å². The van der Waals surface area contributed by atoms with Crippen molar-refractivity contribution in [3.05, 3.63) is 59.2 Å². The van der Waals surface area contributed by atoms with E-state index in [-0.39, 0.29) is 18.1 Å². The Morgan fingerprint density at radius 3 is 2.74 bits per heavy atom. The molecule has 2 aromatic rings. The zero-order valence-electron chi connectivity index (χ0n) is 16.4. The highest BCUT2D eigenvalue weighted by atomic mass is 16.2. The summed E-state index contributed by atoms with van der Waals surface area (Å²) in [5.74, 6) is -0.173. The SMILES string of the molecule is C=CC=C(C=CC)c1cnc2c(c1)n(CC)c(=O)n2CC(=O)NCCCC. The number of hydrogen-bond donors (Lipinski definition) is 1. The molecule has 1 N–H and O–H groups in total. The zero-order valence-corrected chi connectivity index (χ0v) is 16.4. The van der Waals surface area contributed by atoms with Crippen molar-refractivity contribution >= 4 is 22.6 Å². The van der Waals surface area contributed by atoms with Gasteiger partial charge in [0.05, 0.1) is 5.52 Å². The van der Waals surface area contributed by atoms with Crippen LogP contribution in [0.2, 0.25) is 0 Å². The van der Waals surface area contributed by atoms with Crippen LogP contribution in [0.25, 0.3) is 16.7 Å². The highest BCUT2D eigenvalue weighted by Gasteiger charge is 2.16. The highest BCUT2D eigenvalue weighted by Crippen LogP contribution is 2.20. The van der Waals surface area contributed by atoms with Crippen LogP contribution in [-0.2, 0) is 17.9 Å². The molecule has 0 fully saturated rings. The molecule has 2 aromatic heterocycles. The molecular weight excluding hydrogens is 340 g/mol. The Kier molecular flexibility index (Phi) is 7.34. The van der Waals surface area contributed by atoms with Crippen LogP contribution in [0, 0.1) is 0 Å². The number of aromatic nitrogens is 3. The number of carbonyl (C=O) groups excluding carboxylic acids is 1. The lowest BCUT2D eigenvalue weighted by molar-refractivity contribution is -0.121. The Labute approximate surface area is 159 Å². The van der Waals surface area contributed by atoms with E-state index >= 15 is 0 Å². The maximum absolute atomic E-state index is 12.8. The topological polar surface area (TPSA) is 68.9 Å². The number of carbonyl (C=O) groups is 1. The number of unbranched alkanes of at least 4 members (excludes halogenated alkanes) is 1. The summed E-state index contributed by atoms with van der Waals surface area (Å²) in [7, 11) is 0. The van der Waals surface area contributed by atoms with Gasteiger partial charge in [-0.25, -0.2) is 9.78 Å². The standard InChI is InChI=1S/C21H28N4O2/c1-5-9-12-22-19(26)15-25-20-18(24(8-4)21(25)27)13-17(14-23-20)16(10-6-2)11-7-3/h6-7,10-11,13-14H,2,5,8-9,12,15H2,1,3-4H3,(H,22,26). The first kappa shape index (κ1) is 20.4. The van der Waals surface area contributed by atoms with Crippen molar-refractivity contribution in [2.45, 2.75) is 46.7 Å². The van der Waals surface area contributed by atoms with Gasteiger partial charge in [0, 0.05) is 24.8 Å². The molecule has 2 heterocycles. The van der Waals surface area contributed by atoms with Gasteiger partial charge in [0.1, 0.15) is 6.54 Å². The van der Waals surface area contributed by atoms with Gasteiger partial charge >= 0.3 is 5.69 Å². The number of nitrogens with zero attached hydrogens (tertiary/aromatic N) is 3. The lowest BCUT2D eigenvalue weighted by atomic mass is 10.1. The highest BCUT2D eigenvalue weighted by molar-refractivity contribution is 5.83. The molecule has 27 heavy (non-hydrogen) atoms. The van der Waals surface area contributed by atoms with Gasteiger partial charge in [-0.3, -0.25) is 13.9 Å². The fourth-order valence-electron chi connectivity index (χ4n) is 2.96. The Hall–Kier alpha value is -2.89. The van der Waals surface area contributed by atoms with E-state index in [0.717, 1.165) is 29.5 Å². The first-order valence-electron chi connectivity index (χ1n) is 9.38. The minimum absolute atomic E-state index is 0.0252. The Morgan fingerprint density at radius 1 is 1.33 bits per heavy atom. The van der Waals surface area contributed by atoms with Gasteiger partial charge in [-0.2, -0.15) is 0 Å². The number of nitrogens with one attached hydrogen (secondary N) is 1. The molecule has 6 heteroatoms. The monoisotopic (exact) mass is 368 g/mol. The number of fused-ring (bicyclic) bond motifs is 1. The molecule has 1 amide bonds. The third-order valence-corrected chi connectivity index (χ3v) is 4.30. The molecule has 0 unspecified atom stereocenters. The largest absolute Gasteiger partial charge is 0.355 e. The maximum atomic E-state index is 12.8. The predicted octanol–water partition coefficient (Wildman–Crippen LogP) is 3.28. The van der Waals surface area contributed by atoms with Gasteiger partial charge in [0.2, 0.25) is 5.91 Å². The third kappa shape index (κ3) is 4.64.